The van der Waals surface area contributed by atoms with E-state index in [0.717, 1.165) is 18.9 Å². The first kappa shape index (κ1) is 15.3. The van der Waals surface area contributed by atoms with E-state index in [2.05, 4.69) is 46.1 Å². The van der Waals surface area contributed by atoms with Crippen molar-refractivity contribution in [1.29, 1.82) is 0 Å². The molecule has 0 saturated heterocycles. The first-order chi connectivity index (χ1) is 9.60. The van der Waals surface area contributed by atoms with Gasteiger partial charge in [-0.15, -0.1) is 0 Å². The third kappa shape index (κ3) is 3.95. The molecule has 5 nitrogen and oxygen atoms in total. The maximum atomic E-state index is 6.01. The number of anilines is 2. The summed E-state index contributed by atoms with van der Waals surface area (Å²) in [6.07, 6.45) is 6.01. The van der Waals surface area contributed by atoms with E-state index >= 15 is 0 Å². The van der Waals surface area contributed by atoms with Crippen molar-refractivity contribution in [3.8, 4) is 0 Å². The van der Waals surface area contributed by atoms with E-state index in [1.165, 1.54) is 25.7 Å². The smallest absolute Gasteiger partial charge is 0.231 e. The number of aromatic nitrogens is 3. The molecule has 1 saturated carbocycles. The van der Waals surface area contributed by atoms with Gasteiger partial charge >= 0.3 is 0 Å². The zero-order valence-electron chi connectivity index (χ0n) is 12.6. The highest BCUT2D eigenvalue weighted by Crippen LogP contribution is 2.28. The third-order valence-corrected chi connectivity index (χ3v) is 4.07. The van der Waals surface area contributed by atoms with Crippen LogP contribution < -0.4 is 10.2 Å². The van der Waals surface area contributed by atoms with Crippen LogP contribution in [0, 0.1) is 5.92 Å². The normalized spacial score (nSPS) is 22.6. The molecule has 112 valence electrons. The van der Waals surface area contributed by atoms with Gasteiger partial charge in [0.25, 0.3) is 0 Å². The lowest BCUT2D eigenvalue weighted by molar-refractivity contribution is 0.334. The molecule has 1 aliphatic carbocycles. The van der Waals surface area contributed by atoms with E-state index in [9.17, 15) is 0 Å². The van der Waals surface area contributed by atoms with Crippen LogP contribution in [-0.2, 0) is 0 Å². The molecule has 0 bridgehead atoms. The van der Waals surface area contributed by atoms with Crippen LogP contribution in [0.3, 0.4) is 0 Å². The molecular weight excluding hydrogens is 274 g/mol. The highest BCUT2D eigenvalue weighted by atomic mass is 35.5. The molecule has 6 heteroatoms. The van der Waals surface area contributed by atoms with E-state index in [-0.39, 0.29) is 5.28 Å². The largest absolute Gasteiger partial charge is 0.354 e. The van der Waals surface area contributed by atoms with E-state index in [1.54, 1.807) is 0 Å². The number of nitrogens with zero attached hydrogens (tertiary/aromatic N) is 4. The van der Waals surface area contributed by atoms with Crippen molar-refractivity contribution in [3.05, 3.63) is 5.28 Å². The summed E-state index contributed by atoms with van der Waals surface area (Å²) in [6.45, 7) is 5.25. The van der Waals surface area contributed by atoms with Gasteiger partial charge in [0.05, 0.1) is 0 Å². The van der Waals surface area contributed by atoms with Crippen molar-refractivity contribution in [2.24, 2.45) is 5.92 Å². The standard InChI is InChI=1S/C14H24ClN5/c1-4-8-16-13-17-12(15)18-14(19-13)20(3)11-7-5-6-10(2)9-11/h10-11H,4-9H2,1-3H3,(H,16,17,18,19). The molecule has 0 aliphatic heterocycles. The lowest BCUT2D eigenvalue weighted by atomic mass is 9.86. The summed E-state index contributed by atoms with van der Waals surface area (Å²) >= 11 is 6.01. The van der Waals surface area contributed by atoms with E-state index in [4.69, 9.17) is 11.6 Å². The molecule has 0 amide bonds. The van der Waals surface area contributed by atoms with E-state index in [1.807, 2.05) is 0 Å². The Labute approximate surface area is 126 Å². The average molecular weight is 298 g/mol. The number of hydrogen-bond donors (Lipinski definition) is 1. The maximum absolute atomic E-state index is 6.01. The lowest BCUT2D eigenvalue weighted by Gasteiger charge is -2.34. The van der Waals surface area contributed by atoms with Crippen molar-refractivity contribution >= 4 is 23.5 Å². The Hall–Kier alpha value is -1.10. The zero-order valence-corrected chi connectivity index (χ0v) is 13.3. The fourth-order valence-corrected chi connectivity index (χ4v) is 2.89. The first-order valence-corrected chi connectivity index (χ1v) is 7.86. The van der Waals surface area contributed by atoms with Crippen LogP contribution in [0.25, 0.3) is 0 Å². The van der Waals surface area contributed by atoms with Gasteiger partial charge < -0.3 is 10.2 Å². The second-order valence-electron chi connectivity index (χ2n) is 5.69. The molecule has 2 rings (SSSR count). The van der Waals surface area contributed by atoms with Gasteiger partial charge in [-0.05, 0) is 36.8 Å². The number of nitrogens with one attached hydrogen (secondary N) is 1. The molecule has 1 aliphatic rings. The molecule has 0 radical (unpaired) electrons. The van der Waals surface area contributed by atoms with E-state index in [0.29, 0.717) is 17.9 Å². The van der Waals surface area contributed by atoms with Crippen LogP contribution in [0.4, 0.5) is 11.9 Å². The lowest BCUT2D eigenvalue weighted by Crippen LogP contribution is -2.36. The SMILES string of the molecule is CCCNc1nc(Cl)nc(N(C)C2CCCC(C)C2)n1. The minimum absolute atomic E-state index is 0.254. The van der Waals surface area contributed by atoms with Gasteiger partial charge in [0.2, 0.25) is 17.2 Å². The Kier molecular flexibility index (Phi) is 5.40. The van der Waals surface area contributed by atoms with Crippen LogP contribution in [0.1, 0.15) is 46.0 Å². The summed E-state index contributed by atoms with van der Waals surface area (Å²) in [5.41, 5.74) is 0. The van der Waals surface area contributed by atoms with E-state index < -0.39 is 0 Å². The Bertz CT molecular complexity index is 440. The third-order valence-electron chi connectivity index (χ3n) is 3.90. The van der Waals surface area contributed by atoms with Gasteiger partial charge in [-0.2, -0.15) is 15.0 Å². The number of hydrogen-bond acceptors (Lipinski definition) is 5. The van der Waals surface area contributed by atoms with Crippen molar-refractivity contribution in [3.63, 3.8) is 0 Å². The Morgan fingerprint density at radius 3 is 2.80 bits per heavy atom. The molecule has 1 aromatic heterocycles. The average Bonchev–Trinajstić information content (AvgIpc) is 2.43. The summed E-state index contributed by atoms with van der Waals surface area (Å²) in [7, 11) is 2.05. The van der Waals surface area contributed by atoms with Crippen molar-refractivity contribution in [2.75, 3.05) is 23.8 Å². The maximum Gasteiger partial charge on any atom is 0.231 e. The summed E-state index contributed by atoms with van der Waals surface area (Å²) in [6, 6.07) is 0.497. The van der Waals surface area contributed by atoms with Crippen LogP contribution in [0.5, 0.6) is 0 Å². The molecule has 20 heavy (non-hydrogen) atoms. The minimum atomic E-state index is 0.254. The Balaban J connectivity index is 2.11. The molecule has 1 aromatic rings. The minimum Gasteiger partial charge on any atom is -0.354 e. The Morgan fingerprint density at radius 2 is 2.10 bits per heavy atom. The molecular formula is C14H24ClN5. The Morgan fingerprint density at radius 1 is 1.30 bits per heavy atom. The molecule has 0 aromatic carbocycles. The van der Waals surface area contributed by atoms with Gasteiger partial charge in [0.15, 0.2) is 0 Å². The topological polar surface area (TPSA) is 53.9 Å². The summed E-state index contributed by atoms with van der Waals surface area (Å²) in [5.74, 6) is 2.01. The summed E-state index contributed by atoms with van der Waals surface area (Å²) < 4.78 is 0. The molecule has 0 spiro atoms. The molecule has 2 unspecified atom stereocenters. The van der Waals surface area contributed by atoms with Crippen LogP contribution in [0.15, 0.2) is 0 Å². The van der Waals surface area contributed by atoms with Crippen LogP contribution in [-0.4, -0.2) is 34.6 Å². The molecule has 1 heterocycles. The van der Waals surface area contributed by atoms with Crippen LogP contribution >= 0.6 is 11.6 Å². The fraction of sp³-hybridized carbons (Fsp3) is 0.786. The monoisotopic (exact) mass is 297 g/mol. The summed E-state index contributed by atoms with van der Waals surface area (Å²) in [5, 5.41) is 3.42. The van der Waals surface area contributed by atoms with Crippen molar-refractivity contribution in [1.82, 2.24) is 15.0 Å². The van der Waals surface area contributed by atoms with Gasteiger partial charge in [-0.1, -0.05) is 26.7 Å². The van der Waals surface area contributed by atoms with Gasteiger partial charge in [-0.25, -0.2) is 0 Å². The summed E-state index contributed by atoms with van der Waals surface area (Å²) in [4.78, 5) is 15.0. The number of rotatable bonds is 5. The molecule has 1 N–H and O–H groups in total. The van der Waals surface area contributed by atoms with Crippen molar-refractivity contribution in [2.45, 2.75) is 52.0 Å². The highest BCUT2D eigenvalue weighted by Gasteiger charge is 2.24. The molecule has 2 atom stereocenters. The fourth-order valence-electron chi connectivity index (χ4n) is 2.73. The number of halogens is 1. The predicted molar refractivity (Wildman–Crippen MR) is 83.4 cm³/mol. The predicted octanol–water partition coefficient (Wildman–Crippen LogP) is 3.36. The van der Waals surface area contributed by atoms with Gasteiger partial charge in [0, 0.05) is 19.6 Å². The zero-order chi connectivity index (χ0) is 14.5. The second-order valence-corrected chi connectivity index (χ2v) is 6.03. The first-order valence-electron chi connectivity index (χ1n) is 7.48. The highest BCUT2D eigenvalue weighted by molar-refractivity contribution is 6.28. The van der Waals surface area contributed by atoms with Crippen molar-refractivity contribution < 1.29 is 0 Å². The quantitative estimate of drug-likeness (QED) is 0.903. The van der Waals surface area contributed by atoms with Gasteiger partial charge in [-0.3, -0.25) is 0 Å². The second kappa shape index (κ2) is 7.07. The van der Waals surface area contributed by atoms with Gasteiger partial charge in [0.1, 0.15) is 0 Å². The van der Waals surface area contributed by atoms with Crippen LogP contribution in [0.2, 0.25) is 5.28 Å². The molecule has 1 fully saturated rings.